The molecule has 1 fully saturated rings. The summed E-state index contributed by atoms with van der Waals surface area (Å²) in [4.78, 5) is 30.6. The Balaban J connectivity index is 1.73. The SMILES string of the molecule is CC1=CC(C)=C(CNC(=O)c2cc(C3CC3)nc3c2c(C)nn3C(C)(C)C)C(=O)C1. The number of allylic oxidation sites excluding steroid dienone is 3. The van der Waals surface area contributed by atoms with Crippen LogP contribution in [0.2, 0.25) is 0 Å². The normalized spacial score (nSPS) is 17.5. The smallest absolute Gasteiger partial charge is 0.252 e. The first-order valence-electron chi connectivity index (χ1n) is 10.7. The van der Waals surface area contributed by atoms with Crippen LogP contribution in [-0.2, 0) is 10.3 Å². The molecular formula is C24H30N4O2. The van der Waals surface area contributed by atoms with Crippen LogP contribution >= 0.6 is 0 Å². The first-order chi connectivity index (χ1) is 14.1. The topological polar surface area (TPSA) is 76.9 Å². The van der Waals surface area contributed by atoms with Crippen LogP contribution in [0.1, 0.15) is 81.5 Å². The first-order valence-corrected chi connectivity index (χ1v) is 10.7. The van der Waals surface area contributed by atoms with E-state index in [4.69, 9.17) is 10.1 Å². The van der Waals surface area contributed by atoms with Crippen LogP contribution in [0.25, 0.3) is 11.0 Å². The van der Waals surface area contributed by atoms with Gasteiger partial charge in [-0.1, -0.05) is 11.6 Å². The Kier molecular flexibility index (Phi) is 4.91. The fraction of sp³-hybridized carbons (Fsp3) is 0.500. The van der Waals surface area contributed by atoms with Gasteiger partial charge in [0.25, 0.3) is 5.91 Å². The Morgan fingerprint density at radius 3 is 2.53 bits per heavy atom. The molecule has 30 heavy (non-hydrogen) atoms. The summed E-state index contributed by atoms with van der Waals surface area (Å²) >= 11 is 0. The molecule has 0 atom stereocenters. The molecule has 0 aliphatic heterocycles. The average Bonchev–Trinajstić information content (AvgIpc) is 3.43. The summed E-state index contributed by atoms with van der Waals surface area (Å²) in [5, 5.41) is 8.49. The van der Waals surface area contributed by atoms with Crippen LogP contribution in [0.4, 0.5) is 0 Å². The standard InChI is InChI=1S/C24H30N4O2/c1-13-9-14(2)18(20(29)10-13)12-25-23(30)17-11-19(16-7-8-16)26-22-21(17)15(3)27-28(22)24(4,5)6/h9,11,16H,7-8,10,12H2,1-6H3,(H,25,30). The number of nitrogens with one attached hydrogen (secondary N) is 1. The molecular weight excluding hydrogens is 376 g/mol. The van der Waals surface area contributed by atoms with Gasteiger partial charge in [0, 0.05) is 30.2 Å². The molecule has 0 unspecified atom stereocenters. The molecule has 6 heteroatoms. The minimum atomic E-state index is -0.240. The number of aryl methyl sites for hydroxylation is 1. The van der Waals surface area contributed by atoms with Crippen LogP contribution < -0.4 is 5.32 Å². The lowest BCUT2D eigenvalue weighted by atomic mass is 9.92. The van der Waals surface area contributed by atoms with Crippen molar-refractivity contribution in [1.29, 1.82) is 0 Å². The summed E-state index contributed by atoms with van der Waals surface area (Å²) in [5.74, 6) is 0.325. The molecule has 2 aromatic rings. The quantitative estimate of drug-likeness (QED) is 0.819. The lowest BCUT2D eigenvalue weighted by Crippen LogP contribution is -2.29. The number of carbonyl (C=O) groups is 2. The van der Waals surface area contributed by atoms with Gasteiger partial charge in [0.2, 0.25) is 0 Å². The van der Waals surface area contributed by atoms with Crippen molar-refractivity contribution >= 4 is 22.7 Å². The van der Waals surface area contributed by atoms with Crippen LogP contribution in [0.15, 0.2) is 28.9 Å². The highest BCUT2D eigenvalue weighted by atomic mass is 16.2. The highest BCUT2D eigenvalue weighted by Gasteiger charge is 2.30. The number of fused-ring (bicyclic) bond motifs is 1. The number of amides is 1. The zero-order chi connectivity index (χ0) is 21.8. The van der Waals surface area contributed by atoms with Crippen molar-refractivity contribution in [2.24, 2.45) is 0 Å². The predicted octanol–water partition coefficient (Wildman–Crippen LogP) is 4.34. The van der Waals surface area contributed by atoms with Gasteiger partial charge in [0.05, 0.1) is 22.2 Å². The molecule has 0 bridgehead atoms. The fourth-order valence-electron chi connectivity index (χ4n) is 4.13. The van der Waals surface area contributed by atoms with E-state index >= 15 is 0 Å². The zero-order valence-electron chi connectivity index (χ0n) is 18.7. The van der Waals surface area contributed by atoms with Gasteiger partial charge in [-0.05, 0) is 66.0 Å². The molecule has 2 aromatic heterocycles. The van der Waals surface area contributed by atoms with Gasteiger partial charge >= 0.3 is 0 Å². The number of hydrogen-bond donors (Lipinski definition) is 1. The summed E-state index contributed by atoms with van der Waals surface area (Å²) in [7, 11) is 0. The number of carbonyl (C=O) groups excluding carboxylic acids is 2. The summed E-state index contributed by atoms with van der Waals surface area (Å²) in [6, 6.07) is 1.92. The van der Waals surface area contributed by atoms with Crippen molar-refractivity contribution in [1.82, 2.24) is 20.1 Å². The Hall–Kier alpha value is -2.76. The zero-order valence-corrected chi connectivity index (χ0v) is 18.7. The number of nitrogens with zero attached hydrogens (tertiary/aromatic N) is 3. The molecule has 6 nitrogen and oxygen atoms in total. The van der Waals surface area contributed by atoms with Crippen molar-refractivity contribution in [3.63, 3.8) is 0 Å². The molecule has 2 aliphatic rings. The number of ketones is 1. The molecule has 2 heterocycles. The maximum Gasteiger partial charge on any atom is 0.252 e. The highest BCUT2D eigenvalue weighted by Crippen LogP contribution is 2.41. The molecule has 4 rings (SSSR count). The van der Waals surface area contributed by atoms with Crippen molar-refractivity contribution < 1.29 is 9.59 Å². The second-order valence-corrected chi connectivity index (χ2v) is 9.67. The van der Waals surface area contributed by atoms with Gasteiger partial charge in [-0.15, -0.1) is 0 Å². The maximum atomic E-state index is 13.3. The van der Waals surface area contributed by atoms with E-state index in [1.54, 1.807) is 0 Å². The summed E-state index contributed by atoms with van der Waals surface area (Å²) < 4.78 is 1.92. The van der Waals surface area contributed by atoms with Crippen LogP contribution in [-0.4, -0.2) is 33.0 Å². The van der Waals surface area contributed by atoms with Crippen molar-refractivity contribution in [3.05, 3.63) is 45.8 Å². The van der Waals surface area contributed by atoms with Crippen LogP contribution in [0, 0.1) is 6.92 Å². The molecule has 2 aliphatic carbocycles. The van der Waals surface area contributed by atoms with Crippen molar-refractivity contribution in [3.8, 4) is 0 Å². The minimum absolute atomic E-state index is 0.0862. The average molecular weight is 407 g/mol. The van der Waals surface area contributed by atoms with Gasteiger partial charge in [-0.25, -0.2) is 9.67 Å². The van der Waals surface area contributed by atoms with E-state index in [1.165, 1.54) is 0 Å². The van der Waals surface area contributed by atoms with E-state index in [0.29, 0.717) is 23.5 Å². The Bertz CT molecular complexity index is 1120. The van der Waals surface area contributed by atoms with E-state index in [2.05, 4.69) is 26.1 Å². The van der Waals surface area contributed by atoms with E-state index in [-0.39, 0.29) is 23.8 Å². The third-order valence-corrected chi connectivity index (χ3v) is 5.85. The van der Waals surface area contributed by atoms with Crippen LogP contribution in [0.5, 0.6) is 0 Å². The number of rotatable bonds is 4. The second kappa shape index (κ2) is 7.18. The van der Waals surface area contributed by atoms with E-state index in [0.717, 1.165) is 46.4 Å². The first kappa shape index (κ1) is 20.5. The summed E-state index contributed by atoms with van der Waals surface area (Å²) in [6.07, 6.45) is 4.66. The fourth-order valence-corrected chi connectivity index (χ4v) is 4.13. The third kappa shape index (κ3) is 3.71. The molecule has 1 saturated carbocycles. The maximum absolute atomic E-state index is 13.3. The summed E-state index contributed by atoms with van der Waals surface area (Å²) in [5.41, 5.74) is 5.55. The Labute approximate surface area is 177 Å². The van der Waals surface area contributed by atoms with Gasteiger partial charge < -0.3 is 5.32 Å². The molecule has 0 saturated heterocycles. The largest absolute Gasteiger partial charge is 0.348 e. The number of Topliss-reactive ketones (excluding diaryl/α,β-unsaturated/α-hetero) is 1. The number of pyridine rings is 1. The lowest BCUT2D eigenvalue weighted by Gasteiger charge is -2.20. The summed E-state index contributed by atoms with van der Waals surface area (Å²) in [6.45, 7) is 12.3. The van der Waals surface area contributed by atoms with Crippen molar-refractivity contribution in [2.75, 3.05) is 6.54 Å². The van der Waals surface area contributed by atoms with Gasteiger partial charge in [0.1, 0.15) is 0 Å². The molecule has 1 N–H and O–H groups in total. The minimum Gasteiger partial charge on any atom is -0.348 e. The highest BCUT2D eigenvalue weighted by molar-refractivity contribution is 6.07. The predicted molar refractivity (Wildman–Crippen MR) is 118 cm³/mol. The molecule has 0 radical (unpaired) electrons. The van der Waals surface area contributed by atoms with E-state index in [1.807, 2.05) is 37.6 Å². The van der Waals surface area contributed by atoms with E-state index in [9.17, 15) is 9.59 Å². The monoisotopic (exact) mass is 406 g/mol. The number of aromatic nitrogens is 3. The van der Waals surface area contributed by atoms with Gasteiger partial charge in [-0.3, -0.25) is 9.59 Å². The molecule has 1 amide bonds. The molecule has 158 valence electrons. The molecule has 0 spiro atoms. The lowest BCUT2D eigenvalue weighted by molar-refractivity contribution is -0.115. The Morgan fingerprint density at radius 1 is 1.23 bits per heavy atom. The van der Waals surface area contributed by atoms with Gasteiger partial charge in [-0.2, -0.15) is 5.10 Å². The van der Waals surface area contributed by atoms with Crippen LogP contribution in [0.3, 0.4) is 0 Å². The molecule has 0 aromatic carbocycles. The van der Waals surface area contributed by atoms with Crippen molar-refractivity contribution in [2.45, 2.75) is 72.3 Å². The van der Waals surface area contributed by atoms with E-state index < -0.39 is 0 Å². The second-order valence-electron chi connectivity index (χ2n) is 9.67. The number of hydrogen-bond acceptors (Lipinski definition) is 4. The Morgan fingerprint density at radius 2 is 1.93 bits per heavy atom. The van der Waals surface area contributed by atoms with Gasteiger partial charge in [0.15, 0.2) is 11.4 Å². The third-order valence-electron chi connectivity index (χ3n) is 5.85.